The van der Waals surface area contributed by atoms with Crippen LogP contribution >= 0.6 is 0 Å². The van der Waals surface area contributed by atoms with Crippen LogP contribution in [0.3, 0.4) is 0 Å². The number of hydrogen-bond acceptors (Lipinski definition) is 4. The van der Waals surface area contributed by atoms with Gasteiger partial charge >= 0.3 is 11.9 Å². The Morgan fingerprint density at radius 1 is 1.06 bits per heavy atom. The SMILES string of the molecule is CC[C@@H]1[C@@H]2C(F)(F)[C@H](OC(C)=O)CC[C@]2(C)C2CC[C@@]3(C)C(CCC3[C@H](C)CCC(=O)O)C2[C@@H]1O. The van der Waals surface area contributed by atoms with Gasteiger partial charge in [0, 0.05) is 19.3 Å². The molecule has 0 radical (unpaired) electrons. The first-order valence-electron chi connectivity index (χ1n) is 13.7. The Morgan fingerprint density at radius 3 is 2.29 bits per heavy atom. The molecule has 4 aliphatic rings. The third kappa shape index (κ3) is 4.12. The maximum Gasteiger partial charge on any atom is 0.303 e. The molecule has 0 spiro atoms. The normalized spacial score (nSPS) is 47.2. The molecule has 0 aliphatic heterocycles. The van der Waals surface area contributed by atoms with E-state index in [-0.39, 0.29) is 41.9 Å². The summed E-state index contributed by atoms with van der Waals surface area (Å²) in [5, 5.41) is 20.9. The van der Waals surface area contributed by atoms with E-state index < -0.39 is 47.3 Å². The van der Waals surface area contributed by atoms with Crippen LogP contribution in [-0.2, 0) is 14.3 Å². The number of aliphatic hydroxyl groups is 1. The average molecular weight is 499 g/mol. The number of carboxylic acids is 1. The van der Waals surface area contributed by atoms with Gasteiger partial charge in [-0.25, -0.2) is 8.78 Å². The lowest BCUT2D eigenvalue weighted by atomic mass is 9.40. The minimum absolute atomic E-state index is 0.000977. The molecular formula is C28H44F2O5. The van der Waals surface area contributed by atoms with Gasteiger partial charge in [-0.15, -0.1) is 0 Å². The molecule has 5 nitrogen and oxygen atoms in total. The van der Waals surface area contributed by atoms with E-state index in [4.69, 9.17) is 4.74 Å². The van der Waals surface area contributed by atoms with Crippen LogP contribution in [-0.4, -0.2) is 40.3 Å². The molecule has 4 saturated carbocycles. The highest BCUT2D eigenvalue weighted by Gasteiger charge is 2.71. The zero-order valence-electron chi connectivity index (χ0n) is 21.9. The monoisotopic (exact) mass is 498 g/mol. The number of carbonyl (C=O) groups excluding carboxylic acids is 1. The predicted molar refractivity (Wildman–Crippen MR) is 128 cm³/mol. The number of alkyl halides is 2. The summed E-state index contributed by atoms with van der Waals surface area (Å²) in [5.74, 6) is -5.22. The number of hydrogen-bond donors (Lipinski definition) is 2. The number of carbonyl (C=O) groups is 2. The maximum absolute atomic E-state index is 16.0. The highest BCUT2D eigenvalue weighted by atomic mass is 19.3. The van der Waals surface area contributed by atoms with Crippen molar-refractivity contribution in [2.45, 2.75) is 111 Å². The molecule has 35 heavy (non-hydrogen) atoms. The van der Waals surface area contributed by atoms with Crippen molar-refractivity contribution < 1.29 is 33.3 Å². The molecule has 0 bridgehead atoms. The second-order valence-corrected chi connectivity index (χ2v) is 12.8. The van der Waals surface area contributed by atoms with E-state index in [1.54, 1.807) is 0 Å². The average Bonchev–Trinajstić information content (AvgIpc) is 3.12. The molecule has 4 aliphatic carbocycles. The minimum Gasteiger partial charge on any atom is -0.481 e. The lowest BCUT2D eigenvalue weighted by Crippen LogP contribution is -2.68. The van der Waals surface area contributed by atoms with Crippen LogP contribution in [0.25, 0.3) is 0 Å². The van der Waals surface area contributed by atoms with Gasteiger partial charge in [0.25, 0.3) is 5.92 Å². The summed E-state index contributed by atoms with van der Waals surface area (Å²) in [5.41, 5.74) is -0.613. The van der Waals surface area contributed by atoms with E-state index in [0.717, 1.165) is 25.7 Å². The molecule has 0 heterocycles. The molecule has 0 aromatic carbocycles. The molecule has 11 atom stereocenters. The first-order chi connectivity index (χ1) is 16.3. The van der Waals surface area contributed by atoms with Crippen molar-refractivity contribution in [3.8, 4) is 0 Å². The fourth-order valence-corrected chi connectivity index (χ4v) is 9.89. The minimum atomic E-state index is -3.17. The Morgan fingerprint density at radius 2 is 1.69 bits per heavy atom. The summed E-state index contributed by atoms with van der Waals surface area (Å²) in [6.45, 7) is 9.58. The van der Waals surface area contributed by atoms with Gasteiger partial charge in [-0.05, 0) is 91.3 Å². The largest absolute Gasteiger partial charge is 0.481 e. The van der Waals surface area contributed by atoms with Gasteiger partial charge in [-0.1, -0.05) is 34.1 Å². The Kier molecular flexibility index (Phi) is 7.09. The van der Waals surface area contributed by atoms with Crippen molar-refractivity contribution in [3.05, 3.63) is 0 Å². The van der Waals surface area contributed by atoms with Crippen molar-refractivity contribution in [2.75, 3.05) is 0 Å². The highest BCUT2D eigenvalue weighted by molar-refractivity contribution is 5.66. The standard InChI is InChI=1S/C28H44F2O5/c1-6-17-24(34)23-19-9-8-18(15(2)7-10-22(32)33)26(19,4)13-11-20(23)27(5)14-12-21(35-16(3)31)28(29,30)25(17)27/h15,17-21,23-25,34H,6-14H2,1-5H3,(H,32,33)/t15-,17+,18?,19?,20?,21-,23?,24-,25+,26-,27-/m1/s1. The molecule has 4 rings (SSSR count). The maximum atomic E-state index is 16.0. The van der Waals surface area contributed by atoms with Gasteiger partial charge in [0.15, 0.2) is 6.10 Å². The first-order valence-corrected chi connectivity index (χ1v) is 13.7. The summed E-state index contributed by atoms with van der Waals surface area (Å²) < 4.78 is 37.1. The van der Waals surface area contributed by atoms with Gasteiger partial charge in [0.2, 0.25) is 0 Å². The lowest BCUT2D eigenvalue weighted by Gasteiger charge is -2.66. The number of fused-ring (bicyclic) bond motifs is 5. The fraction of sp³-hybridized carbons (Fsp3) is 0.929. The summed E-state index contributed by atoms with van der Waals surface area (Å²) in [6, 6.07) is 0. The number of carboxylic acid groups (broad SMARTS) is 1. The lowest BCUT2D eigenvalue weighted by molar-refractivity contribution is -0.289. The number of aliphatic hydroxyl groups excluding tert-OH is 1. The highest BCUT2D eigenvalue weighted by Crippen LogP contribution is 2.71. The summed E-state index contributed by atoms with van der Waals surface area (Å²) in [4.78, 5) is 22.7. The van der Waals surface area contributed by atoms with Crippen LogP contribution in [0.1, 0.15) is 92.4 Å². The molecule has 2 N–H and O–H groups in total. The molecule has 4 fully saturated rings. The molecule has 0 aromatic heterocycles. The Hall–Kier alpha value is -1.24. The van der Waals surface area contributed by atoms with Crippen molar-refractivity contribution in [3.63, 3.8) is 0 Å². The summed E-state index contributed by atoms with van der Waals surface area (Å²) in [7, 11) is 0. The smallest absolute Gasteiger partial charge is 0.303 e. The van der Waals surface area contributed by atoms with Gasteiger partial charge in [0.05, 0.1) is 6.10 Å². The van der Waals surface area contributed by atoms with Crippen LogP contribution < -0.4 is 0 Å². The van der Waals surface area contributed by atoms with Crippen LogP contribution in [0.5, 0.6) is 0 Å². The van der Waals surface area contributed by atoms with Crippen LogP contribution in [0, 0.1) is 52.3 Å². The Balaban J connectivity index is 1.66. The van der Waals surface area contributed by atoms with Gasteiger partial charge in [0.1, 0.15) is 0 Å². The van der Waals surface area contributed by atoms with Crippen LogP contribution in [0.15, 0.2) is 0 Å². The van der Waals surface area contributed by atoms with Crippen molar-refractivity contribution >= 4 is 11.9 Å². The van der Waals surface area contributed by atoms with Gasteiger partial charge in [-0.2, -0.15) is 0 Å². The van der Waals surface area contributed by atoms with Crippen LogP contribution in [0.4, 0.5) is 8.78 Å². The second kappa shape index (κ2) is 9.25. The quantitative estimate of drug-likeness (QED) is 0.444. The van der Waals surface area contributed by atoms with E-state index in [1.165, 1.54) is 6.92 Å². The van der Waals surface area contributed by atoms with Gasteiger partial charge in [-0.3, -0.25) is 9.59 Å². The molecule has 0 saturated heterocycles. The molecule has 0 aromatic rings. The van der Waals surface area contributed by atoms with Crippen LogP contribution in [0.2, 0.25) is 0 Å². The van der Waals surface area contributed by atoms with Crippen molar-refractivity contribution in [1.82, 2.24) is 0 Å². The first kappa shape index (κ1) is 26.8. The zero-order valence-corrected chi connectivity index (χ0v) is 21.9. The molecule has 4 unspecified atom stereocenters. The number of halogens is 2. The Bertz CT molecular complexity index is 832. The van der Waals surface area contributed by atoms with Crippen molar-refractivity contribution in [2.24, 2.45) is 52.3 Å². The summed E-state index contributed by atoms with van der Waals surface area (Å²) >= 11 is 0. The van der Waals surface area contributed by atoms with Crippen molar-refractivity contribution in [1.29, 1.82) is 0 Å². The number of rotatable bonds is 6. The molecule has 200 valence electrons. The molecule has 7 heteroatoms. The second-order valence-electron chi connectivity index (χ2n) is 12.8. The number of aliphatic carboxylic acids is 1. The molecular weight excluding hydrogens is 454 g/mol. The third-order valence-electron chi connectivity index (χ3n) is 11.3. The predicted octanol–water partition coefficient (Wildman–Crippen LogP) is 5.93. The van der Waals surface area contributed by atoms with E-state index in [1.807, 2.05) is 13.8 Å². The number of ether oxygens (including phenoxy) is 1. The van der Waals surface area contributed by atoms with E-state index >= 15 is 8.78 Å². The zero-order chi connectivity index (χ0) is 25.9. The molecule has 0 amide bonds. The Labute approximate surface area is 208 Å². The third-order valence-corrected chi connectivity index (χ3v) is 11.3. The summed E-state index contributed by atoms with van der Waals surface area (Å²) in [6.07, 6.45) is 3.54. The fourth-order valence-electron chi connectivity index (χ4n) is 9.89. The van der Waals surface area contributed by atoms with E-state index in [9.17, 15) is 19.8 Å². The number of esters is 1. The van der Waals surface area contributed by atoms with E-state index in [0.29, 0.717) is 25.2 Å². The topological polar surface area (TPSA) is 83.8 Å². The van der Waals surface area contributed by atoms with E-state index in [2.05, 4.69) is 13.8 Å². The van der Waals surface area contributed by atoms with Gasteiger partial charge < -0.3 is 14.9 Å².